The molecular weight excluding hydrogens is 460 g/mol. The number of nitro groups is 1. The highest BCUT2D eigenvalue weighted by Gasteiger charge is 2.24. The minimum Gasteiger partial charge on any atom is -0.495 e. The van der Waals surface area contributed by atoms with Crippen molar-refractivity contribution in [2.75, 3.05) is 12.4 Å². The van der Waals surface area contributed by atoms with Crippen LogP contribution in [-0.4, -0.2) is 39.8 Å². The van der Waals surface area contributed by atoms with Gasteiger partial charge in [-0.2, -0.15) is 5.10 Å². The summed E-state index contributed by atoms with van der Waals surface area (Å²) in [4.78, 5) is 37.0. The van der Waals surface area contributed by atoms with Gasteiger partial charge in [0.15, 0.2) is 6.10 Å². The lowest BCUT2D eigenvalue weighted by atomic mass is 10.2. The molecule has 0 saturated heterocycles. The van der Waals surface area contributed by atoms with Gasteiger partial charge in [-0.1, -0.05) is 18.2 Å². The number of non-ortho nitro benzene ring substituents is 1. The standard InChI is InChI=1S/C23H20N4O6S/c1-13-17-12-20(34-22(17)26(25-13)15-7-5-4-6-8-15)23(29)33-14(2)21(28)24-18-11-16(27(30)31)9-10-19(18)32-3/h4-12,14H,1-3H3,(H,24,28)/t14-/m1/s1. The molecule has 2 aromatic carbocycles. The molecule has 1 N–H and O–H groups in total. The summed E-state index contributed by atoms with van der Waals surface area (Å²) in [7, 11) is 1.38. The van der Waals surface area contributed by atoms with Gasteiger partial charge >= 0.3 is 5.97 Å². The highest BCUT2D eigenvalue weighted by molar-refractivity contribution is 7.20. The number of methoxy groups -OCH3 is 1. The van der Waals surface area contributed by atoms with E-state index in [1.165, 1.54) is 43.6 Å². The quantitative estimate of drug-likeness (QED) is 0.235. The normalized spacial score (nSPS) is 11.7. The maximum absolute atomic E-state index is 12.8. The molecule has 0 saturated carbocycles. The Morgan fingerprint density at radius 3 is 2.59 bits per heavy atom. The summed E-state index contributed by atoms with van der Waals surface area (Å²) in [6.45, 7) is 3.27. The van der Waals surface area contributed by atoms with Crippen LogP contribution < -0.4 is 10.1 Å². The third-order valence-electron chi connectivity index (χ3n) is 5.05. The average molecular weight is 481 g/mol. The Kier molecular flexibility index (Phi) is 6.28. The van der Waals surface area contributed by atoms with Gasteiger partial charge in [0.25, 0.3) is 11.6 Å². The first-order valence-corrected chi connectivity index (χ1v) is 11.0. The van der Waals surface area contributed by atoms with E-state index in [2.05, 4.69) is 10.4 Å². The van der Waals surface area contributed by atoms with Crippen LogP contribution in [0.1, 0.15) is 22.3 Å². The number of para-hydroxylation sites is 1. The Hall–Kier alpha value is -4.25. The van der Waals surface area contributed by atoms with Crippen LogP contribution in [0.2, 0.25) is 0 Å². The van der Waals surface area contributed by atoms with E-state index in [0.29, 0.717) is 4.88 Å². The van der Waals surface area contributed by atoms with Crippen molar-refractivity contribution in [2.45, 2.75) is 20.0 Å². The van der Waals surface area contributed by atoms with Crippen molar-refractivity contribution in [3.63, 3.8) is 0 Å². The van der Waals surface area contributed by atoms with Gasteiger partial charge < -0.3 is 14.8 Å². The molecule has 0 spiro atoms. The van der Waals surface area contributed by atoms with E-state index < -0.39 is 22.9 Å². The van der Waals surface area contributed by atoms with Crippen molar-refractivity contribution >= 4 is 44.8 Å². The zero-order valence-electron chi connectivity index (χ0n) is 18.5. The minimum atomic E-state index is -1.16. The predicted molar refractivity (Wildman–Crippen MR) is 127 cm³/mol. The predicted octanol–water partition coefficient (Wildman–Crippen LogP) is 4.50. The molecule has 0 aliphatic carbocycles. The van der Waals surface area contributed by atoms with Crippen molar-refractivity contribution in [1.29, 1.82) is 0 Å². The third kappa shape index (κ3) is 4.46. The molecule has 1 amide bonds. The van der Waals surface area contributed by atoms with Gasteiger partial charge in [-0.15, -0.1) is 11.3 Å². The van der Waals surface area contributed by atoms with Gasteiger partial charge in [-0.3, -0.25) is 14.9 Å². The smallest absolute Gasteiger partial charge is 0.349 e. The van der Waals surface area contributed by atoms with Crippen LogP contribution in [-0.2, 0) is 9.53 Å². The van der Waals surface area contributed by atoms with Crippen molar-refractivity contribution in [3.05, 3.63) is 75.3 Å². The molecule has 34 heavy (non-hydrogen) atoms. The zero-order chi connectivity index (χ0) is 24.4. The lowest BCUT2D eigenvalue weighted by Gasteiger charge is -2.14. The fraction of sp³-hybridized carbons (Fsp3) is 0.174. The summed E-state index contributed by atoms with van der Waals surface area (Å²) in [5.41, 5.74) is 1.51. The summed E-state index contributed by atoms with van der Waals surface area (Å²) in [5.74, 6) is -1.07. The van der Waals surface area contributed by atoms with Crippen LogP contribution >= 0.6 is 11.3 Å². The largest absolute Gasteiger partial charge is 0.495 e. The molecule has 2 heterocycles. The minimum absolute atomic E-state index is 0.102. The van der Waals surface area contributed by atoms with Crippen LogP contribution in [0, 0.1) is 17.0 Å². The first-order chi connectivity index (χ1) is 16.3. The van der Waals surface area contributed by atoms with Gasteiger partial charge in [-0.25, -0.2) is 9.48 Å². The maximum atomic E-state index is 12.8. The third-order valence-corrected chi connectivity index (χ3v) is 6.14. The van der Waals surface area contributed by atoms with Crippen molar-refractivity contribution in [3.8, 4) is 11.4 Å². The lowest BCUT2D eigenvalue weighted by molar-refractivity contribution is -0.384. The van der Waals surface area contributed by atoms with Crippen molar-refractivity contribution < 1.29 is 24.0 Å². The number of rotatable bonds is 7. The monoisotopic (exact) mass is 480 g/mol. The number of thiophene rings is 1. The molecule has 4 rings (SSSR count). The number of benzene rings is 2. The van der Waals surface area contributed by atoms with Crippen LogP contribution in [0.3, 0.4) is 0 Å². The van der Waals surface area contributed by atoms with Gasteiger partial charge in [0.05, 0.1) is 29.1 Å². The number of amides is 1. The summed E-state index contributed by atoms with van der Waals surface area (Å²) in [5, 5.41) is 18.9. The maximum Gasteiger partial charge on any atom is 0.349 e. The first kappa shape index (κ1) is 22.9. The number of hydrogen-bond acceptors (Lipinski definition) is 8. The molecule has 174 valence electrons. The van der Waals surface area contributed by atoms with Crippen LogP contribution in [0.25, 0.3) is 15.9 Å². The number of esters is 1. The van der Waals surface area contributed by atoms with E-state index in [4.69, 9.17) is 9.47 Å². The van der Waals surface area contributed by atoms with Gasteiger partial charge in [0.2, 0.25) is 0 Å². The molecule has 0 fully saturated rings. The van der Waals surface area contributed by atoms with E-state index in [9.17, 15) is 19.7 Å². The lowest BCUT2D eigenvalue weighted by Crippen LogP contribution is -2.30. The molecule has 10 nitrogen and oxygen atoms in total. The van der Waals surface area contributed by atoms with E-state index in [1.54, 1.807) is 10.7 Å². The zero-order valence-corrected chi connectivity index (χ0v) is 19.3. The van der Waals surface area contributed by atoms with Crippen LogP contribution in [0.15, 0.2) is 54.6 Å². The summed E-state index contributed by atoms with van der Waals surface area (Å²) in [6.07, 6.45) is -1.16. The van der Waals surface area contributed by atoms with E-state index in [0.717, 1.165) is 21.6 Å². The first-order valence-electron chi connectivity index (χ1n) is 10.2. The van der Waals surface area contributed by atoms with Gasteiger partial charge in [-0.05, 0) is 38.1 Å². The molecule has 0 aliphatic rings. The van der Waals surface area contributed by atoms with Crippen molar-refractivity contribution in [1.82, 2.24) is 9.78 Å². The Morgan fingerprint density at radius 2 is 1.91 bits per heavy atom. The number of anilines is 1. The summed E-state index contributed by atoms with van der Waals surface area (Å²) < 4.78 is 12.3. The molecular formula is C23H20N4O6S. The van der Waals surface area contributed by atoms with E-state index in [-0.39, 0.29) is 17.1 Å². The second-order valence-corrected chi connectivity index (χ2v) is 8.37. The number of nitrogens with one attached hydrogen (secondary N) is 1. The van der Waals surface area contributed by atoms with Gasteiger partial charge in [0.1, 0.15) is 15.5 Å². The topological polar surface area (TPSA) is 126 Å². The molecule has 11 heteroatoms. The average Bonchev–Trinajstić information content (AvgIpc) is 3.40. The number of aryl methyl sites for hydroxylation is 1. The van der Waals surface area contributed by atoms with E-state index >= 15 is 0 Å². The number of nitro benzene ring substituents is 1. The Balaban J connectivity index is 1.51. The Bertz CT molecular complexity index is 1400. The number of carbonyl (C=O) groups is 2. The number of ether oxygens (including phenoxy) is 2. The summed E-state index contributed by atoms with van der Waals surface area (Å²) in [6, 6.07) is 15.0. The Morgan fingerprint density at radius 1 is 1.18 bits per heavy atom. The second kappa shape index (κ2) is 9.32. The number of aromatic nitrogens is 2. The second-order valence-electron chi connectivity index (χ2n) is 7.34. The summed E-state index contributed by atoms with van der Waals surface area (Å²) >= 11 is 1.22. The molecule has 2 aromatic heterocycles. The Labute approximate surface area is 197 Å². The number of carbonyl (C=O) groups excluding carboxylic acids is 2. The van der Waals surface area contributed by atoms with Crippen LogP contribution in [0.4, 0.5) is 11.4 Å². The molecule has 1 atom stereocenters. The van der Waals surface area contributed by atoms with Gasteiger partial charge in [0, 0.05) is 17.5 Å². The molecule has 0 radical (unpaired) electrons. The van der Waals surface area contributed by atoms with Crippen LogP contribution in [0.5, 0.6) is 5.75 Å². The highest BCUT2D eigenvalue weighted by atomic mass is 32.1. The number of hydrogen-bond donors (Lipinski definition) is 1. The molecule has 0 aliphatic heterocycles. The number of fused-ring (bicyclic) bond motifs is 1. The fourth-order valence-corrected chi connectivity index (χ4v) is 4.37. The molecule has 0 unspecified atom stereocenters. The highest BCUT2D eigenvalue weighted by Crippen LogP contribution is 2.32. The van der Waals surface area contributed by atoms with E-state index in [1.807, 2.05) is 37.3 Å². The van der Waals surface area contributed by atoms with Crippen molar-refractivity contribution in [2.24, 2.45) is 0 Å². The SMILES string of the molecule is COc1ccc([N+](=O)[O-])cc1NC(=O)[C@@H](C)OC(=O)c1cc2c(C)nn(-c3ccccc3)c2s1. The molecule has 4 aromatic rings. The number of nitrogens with zero attached hydrogens (tertiary/aromatic N) is 3. The molecule has 0 bridgehead atoms. The fourth-order valence-electron chi connectivity index (χ4n) is 3.31.